The van der Waals surface area contributed by atoms with E-state index in [-0.39, 0.29) is 17.6 Å². The van der Waals surface area contributed by atoms with Gasteiger partial charge >= 0.3 is 0 Å². The van der Waals surface area contributed by atoms with Gasteiger partial charge in [-0.3, -0.25) is 9.69 Å². The Hall–Kier alpha value is -1.96. The molecule has 1 aromatic heterocycles. The highest BCUT2D eigenvalue weighted by Gasteiger charge is 2.34. The average Bonchev–Trinajstić information content (AvgIpc) is 3.52. The first-order chi connectivity index (χ1) is 13.1. The first-order valence-corrected chi connectivity index (χ1v) is 10.1. The smallest absolute Gasteiger partial charge is 0.227 e. The monoisotopic (exact) mass is 376 g/mol. The molecule has 0 bridgehead atoms. The number of amides is 1. The fourth-order valence-corrected chi connectivity index (χ4v) is 4.22. The lowest BCUT2D eigenvalue weighted by Gasteiger charge is -2.42. The predicted molar refractivity (Wildman–Crippen MR) is 102 cm³/mol. The second-order valence-electron chi connectivity index (χ2n) is 7.95. The van der Waals surface area contributed by atoms with Gasteiger partial charge in [-0.25, -0.2) is 9.37 Å². The molecule has 8 heteroatoms. The van der Waals surface area contributed by atoms with Crippen LogP contribution in [-0.2, 0) is 4.79 Å². The summed E-state index contributed by atoms with van der Waals surface area (Å²) in [6, 6.07) is 0.941. The van der Waals surface area contributed by atoms with E-state index in [1.54, 1.807) is 7.05 Å². The Labute approximate surface area is 159 Å². The van der Waals surface area contributed by atoms with Gasteiger partial charge in [0.05, 0.1) is 12.1 Å². The minimum absolute atomic E-state index is 0.135. The number of likely N-dealkylation sites (tertiary alicyclic amines) is 1. The molecule has 0 unspecified atom stereocenters. The van der Waals surface area contributed by atoms with Gasteiger partial charge in [-0.1, -0.05) is 0 Å². The van der Waals surface area contributed by atoms with Gasteiger partial charge in [0.2, 0.25) is 11.9 Å². The minimum atomic E-state index is -0.431. The van der Waals surface area contributed by atoms with E-state index >= 15 is 0 Å². The van der Waals surface area contributed by atoms with Gasteiger partial charge in [-0.15, -0.1) is 0 Å². The summed E-state index contributed by atoms with van der Waals surface area (Å²) < 4.78 is 13.6. The zero-order valence-electron chi connectivity index (χ0n) is 16.0. The van der Waals surface area contributed by atoms with Crippen LogP contribution in [0.25, 0.3) is 0 Å². The number of hydrogen-bond acceptors (Lipinski definition) is 6. The Bertz CT molecular complexity index is 674. The van der Waals surface area contributed by atoms with Gasteiger partial charge in [0.15, 0.2) is 11.6 Å². The van der Waals surface area contributed by atoms with Gasteiger partial charge in [-0.05, 0) is 45.1 Å². The van der Waals surface area contributed by atoms with Crippen LogP contribution in [0.2, 0.25) is 0 Å². The molecule has 3 aliphatic rings. The van der Waals surface area contributed by atoms with Crippen molar-refractivity contribution in [2.75, 3.05) is 43.4 Å². The van der Waals surface area contributed by atoms with Crippen molar-refractivity contribution in [3.8, 4) is 0 Å². The standard InChI is InChI=1S/C19H29FN6O/c1-21-17-16(20)11-22-19(24-17)25-9-6-15(7-10-25)26-8-2-3-13(12-26)18(27)23-14-4-5-14/h11,13-15H,2-10,12H2,1H3,(H,23,27)(H,21,22,24)/t13-/m1/s1. The predicted octanol–water partition coefficient (Wildman–Crippen LogP) is 1.62. The molecule has 1 aromatic rings. The van der Waals surface area contributed by atoms with Gasteiger partial charge in [-0.2, -0.15) is 4.98 Å². The van der Waals surface area contributed by atoms with E-state index in [2.05, 4.69) is 30.4 Å². The maximum atomic E-state index is 13.6. The number of nitrogens with zero attached hydrogens (tertiary/aromatic N) is 4. The molecular weight excluding hydrogens is 347 g/mol. The molecule has 148 valence electrons. The molecule has 3 heterocycles. The lowest BCUT2D eigenvalue weighted by atomic mass is 9.93. The van der Waals surface area contributed by atoms with Crippen LogP contribution in [0.4, 0.5) is 16.2 Å². The van der Waals surface area contributed by atoms with Crippen LogP contribution in [0.5, 0.6) is 0 Å². The number of nitrogens with one attached hydrogen (secondary N) is 2. The zero-order chi connectivity index (χ0) is 18.8. The van der Waals surface area contributed by atoms with E-state index in [1.165, 1.54) is 6.20 Å². The van der Waals surface area contributed by atoms with Gasteiger partial charge in [0, 0.05) is 38.8 Å². The third-order valence-corrected chi connectivity index (χ3v) is 5.98. The van der Waals surface area contributed by atoms with Crippen LogP contribution in [0.15, 0.2) is 6.20 Å². The van der Waals surface area contributed by atoms with E-state index in [9.17, 15) is 9.18 Å². The van der Waals surface area contributed by atoms with Crippen LogP contribution in [0.3, 0.4) is 0 Å². The van der Waals surface area contributed by atoms with Crippen LogP contribution < -0.4 is 15.5 Å². The summed E-state index contributed by atoms with van der Waals surface area (Å²) in [5.41, 5.74) is 0. The van der Waals surface area contributed by atoms with Crippen LogP contribution >= 0.6 is 0 Å². The van der Waals surface area contributed by atoms with Crippen LogP contribution in [0.1, 0.15) is 38.5 Å². The second kappa shape index (κ2) is 7.96. The molecule has 1 saturated carbocycles. The molecule has 2 saturated heterocycles. The maximum Gasteiger partial charge on any atom is 0.227 e. The van der Waals surface area contributed by atoms with Crippen LogP contribution in [-0.4, -0.2) is 66.1 Å². The first kappa shape index (κ1) is 18.4. The number of hydrogen-bond donors (Lipinski definition) is 2. The van der Waals surface area contributed by atoms with E-state index < -0.39 is 5.82 Å². The molecule has 0 spiro atoms. The molecule has 0 aromatic carbocycles. The molecular formula is C19H29FN6O. The number of anilines is 2. The summed E-state index contributed by atoms with van der Waals surface area (Å²) in [4.78, 5) is 25.5. The quantitative estimate of drug-likeness (QED) is 0.814. The fourth-order valence-electron chi connectivity index (χ4n) is 4.22. The topological polar surface area (TPSA) is 73.4 Å². The Morgan fingerprint density at radius 2 is 1.96 bits per heavy atom. The molecule has 7 nitrogen and oxygen atoms in total. The van der Waals surface area contributed by atoms with Gasteiger partial charge in [0.25, 0.3) is 0 Å². The Morgan fingerprint density at radius 3 is 2.67 bits per heavy atom. The summed E-state index contributed by atoms with van der Waals surface area (Å²) in [5.74, 6) is 0.775. The molecule has 0 radical (unpaired) electrons. The summed E-state index contributed by atoms with van der Waals surface area (Å²) in [7, 11) is 1.66. The summed E-state index contributed by atoms with van der Waals surface area (Å²) >= 11 is 0. The van der Waals surface area contributed by atoms with Crippen molar-refractivity contribution in [1.29, 1.82) is 0 Å². The minimum Gasteiger partial charge on any atom is -0.371 e. The molecule has 4 rings (SSSR count). The van der Waals surface area contributed by atoms with Gasteiger partial charge in [0.1, 0.15) is 0 Å². The highest BCUT2D eigenvalue weighted by atomic mass is 19.1. The normalized spacial score (nSPS) is 24.7. The van der Waals surface area contributed by atoms with Crippen molar-refractivity contribution in [3.63, 3.8) is 0 Å². The Balaban J connectivity index is 1.31. The van der Waals surface area contributed by atoms with Crippen LogP contribution in [0, 0.1) is 11.7 Å². The summed E-state index contributed by atoms with van der Waals surface area (Å²) in [5, 5.41) is 5.93. The van der Waals surface area contributed by atoms with Gasteiger partial charge < -0.3 is 15.5 Å². The van der Waals surface area contributed by atoms with Crippen molar-refractivity contribution in [2.24, 2.45) is 5.92 Å². The number of carbonyl (C=O) groups is 1. The molecule has 1 atom stereocenters. The van der Waals surface area contributed by atoms with Crippen molar-refractivity contribution in [1.82, 2.24) is 20.2 Å². The lowest BCUT2D eigenvalue weighted by Crippen LogP contribution is -2.51. The maximum absolute atomic E-state index is 13.6. The van der Waals surface area contributed by atoms with E-state index in [0.717, 1.165) is 64.7 Å². The number of halogens is 1. The first-order valence-electron chi connectivity index (χ1n) is 10.1. The average molecular weight is 376 g/mol. The molecule has 2 aliphatic heterocycles. The van der Waals surface area contributed by atoms with E-state index in [1.807, 2.05) is 0 Å². The number of rotatable bonds is 5. The van der Waals surface area contributed by atoms with E-state index in [0.29, 0.717) is 18.0 Å². The summed E-state index contributed by atoms with van der Waals surface area (Å²) in [6.07, 6.45) is 7.65. The molecule has 2 N–H and O–H groups in total. The number of piperidine rings is 2. The van der Waals surface area contributed by atoms with Crippen molar-refractivity contribution in [2.45, 2.75) is 50.6 Å². The lowest BCUT2D eigenvalue weighted by molar-refractivity contribution is -0.127. The SMILES string of the molecule is CNc1nc(N2CCC(N3CCC[C@@H](C(=O)NC4CC4)C3)CC2)ncc1F. The molecule has 1 aliphatic carbocycles. The second-order valence-corrected chi connectivity index (χ2v) is 7.95. The zero-order valence-corrected chi connectivity index (χ0v) is 16.0. The highest BCUT2D eigenvalue weighted by molar-refractivity contribution is 5.79. The molecule has 27 heavy (non-hydrogen) atoms. The van der Waals surface area contributed by atoms with Crippen molar-refractivity contribution in [3.05, 3.63) is 12.0 Å². The largest absolute Gasteiger partial charge is 0.371 e. The van der Waals surface area contributed by atoms with Crippen molar-refractivity contribution >= 4 is 17.7 Å². The Morgan fingerprint density at radius 1 is 1.19 bits per heavy atom. The molecule has 3 fully saturated rings. The third-order valence-electron chi connectivity index (χ3n) is 5.98. The third kappa shape index (κ3) is 4.31. The van der Waals surface area contributed by atoms with E-state index in [4.69, 9.17) is 0 Å². The summed E-state index contributed by atoms with van der Waals surface area (Å²) in [6.45, 7) is 3.67. The number of carbonyl (C=O) groups excluding carboxylic acids is 1. The fraction of sp³-hybridized carbons (Fsp3) is 0.737. The Kier molecular flexibility index (Phi) is 5.43. The number of aromatic nitrogens is 2. The highest BCUT2D eigenvalue weighted by Crippen LogP contribution is 2.27. The van der Waals surface area contributed by atoms with Crippen molar-refractivity contribution < 1.29 is 9.18 Å². The molecule has 1 amide bonds.